The van der Waals surface area contributed by atoms with Gasteiger partial charge in [-0.25, -0.2) is 0 Å². The first-order valence-electron chi connectivity index (χ1n) is 7.03. The highest BCUT2D eigenvalue weighted by atomic mass is 35.5. The van der Waals surface area contributed by atoms with Crippen molar-refractivity contribution in [3.8, 4) is 0 Å². The van der Waals surface area contributed by atoms with Gasteiger partial charge < -0.3 is 20.7 Å². The first-order valence-corrected chi connectivity index (χ1v) is 7.03. The molecule has 1 heterocycles. The van der Waals surface area contributed by atoms with Gasteiger partial charge in [-0.15, -0.1) is 24.8 Å². The summed E-state index contributed by atoms with van der Waals surface area (Å²) in [5.41, 5.74) is 6.50. The zero-order valence-electron chi connectivity index (χ0n) is 12.8. The van der Waals surface area contributed by atoms with Gasteiger partial charge in [-0.2, -0.15) is 0 Å². The highest BCUT2D eigenvalue weighted by molar-refractivity contribution is 5.86. The third kappa shape index (κ3) is 5.65. The second-order valence-corrected chi connectivity index (χ2v) is 5.28. The largest absolute Gasteiger partial charge is 0.381 e. The van der Waals surface area contributed by atoms with Gasteiger partial charge in [0.1, 0.15) is 0 Å². The van der Waals surface area contributed by atoms with Gasteiger partial charge >= 0.3 is 0 Å². The molecule has 1 aromatic rings. The Balaban J connectivity index is 0.00000220. The molecule has 0 bridgehead atoms. The zero-order valence-corrected chi connectivity index (χ0v) is 14.4. The Morgan fingerprint density at radius 3 is 2.45 bits per heavy atom. The van der Waals surface area contributed by atoms with Crippen molar-refractivity contribution in [2.75, 3.05) is 38.3 Å². The van der Waals surface area contributed by atoms with E-state index >= 15 is 0 Å². The van der Waals surface area contributed by atoms with Gasteiger partial charge in [0.2, 0.25) is 5.91 Å². The van der Waals surface area contributed by atoms with Crippen LogP contribution in [0.4, 0.5) is 5.69 Å². The molecular weight excluding hydrogens is 325 g/mol. The summed E-state index contributed by atoms with van der Waals surface area (Å²) >= 11 is 0. The average molecular weight is 350 g/mol. The number of halogens is 2. The molecule has 1 aliphatic rings. The number of hydrogen-bond acceptors (Lipinski definition) is 4. The Morgan fingerprint density at radius 2 is 1.86 bits per heavy atom. The maximum atomic E-state index is 12.1. The van der Waals surface area contributed by atoms with E-state index in [9.17, 15) is 4.79 Å². The molecule has 126 valence electrons. The highest BCUT2D eigenvalue weighted by Gasteiger charge is 2.35. The highest BCUT2D eigenvalue weighted by Crippen LogP contribution is 2.17. The topological polar surface area (TPSA) is 67.6 Å². The van der Waals surface area contributed by atoms with Crippen molar-refractivity contribution in [1.82, 2.24) is 5.32 Å². The molecule has 0 atom stereocenters. The molecular formula is C15H25Cl2N3O2. The van der Waals surface area contributed by atoms with Gasteiger partial charge in [-0.3, -0.25) is 4.79 Å². The molecule has 1 saturated heterocycles. The predicted octanol–water partition coefficient (Wildman–Crippen LogP) is 1.59. The second-order valence-electron chi connectivity index (χ2n) is 5.28. The molecule has 0 spiro atoms. The number of likely N-dealkylation sites (N-methyl/N-ethyl adjacent to an activating group) is 1. The fourth-order valence-electron chi connectivity index (χ4n) is 2.29. The van der Waals surface area contributed by atoms with Crippen LogP contribution in [0.2, 0.25) is 0 Å². The fourth-order valence-corrected chi connectivity index (χ4v) is 2.29. The number of nitrogens with two attached hydrogens (primary N) is 1. The molecule has 1 aromatic carbocycles. The van der Waals surface area contributed by atoms with Crippen molar-refractivity contribution in [2.24, 2.45) is 5.73 Å². The van der Waals surface area contributed by atoms with Gasteiger partial charge in [0.15, 0.2) is 0 Å². The number of amides is 1. The number of hydrogen-bond donors (Lipinski definition) is 2. The zero-order chi connectivity index (χ0) is 14.4. The number of nitrogens with one attached hydrogen (secondary N) is 1. The van der Waals surface area contributed by atoms with Crippen molar-refractivity contribution in [3.05, 3.63) is 30.3 Å². The van der Waals surface area contributed by atoms with Crippen LogP contribution in [0, 0.1) is 0 Å². The number of nitrogens with zero attached hydrogens (tertiary/aromatic N) is 1. The van der Waals surface area contributed by atoms with Crippen LogP contribution in [0.15, 0.2) is 30.3 Å². The Kier molecular flexibility index (Phi) is 9.44. The Hall–Kier alpha value is -1.01. The number of carbonyl (C=O) groups excluding carboxylic acids is 1. The summed E-state index contributed by atoms with van der Waals surface area (Å²) in [6.07, 6.45) is 1.18. The third-order valence-corrected chi connectivity index (χ3v) is 3.77. The smallest absolute Gasteiger partial charge is 0.240 e. The van der Waals surface area contributed by atoms with E-state index in [-0.39, 0.29) is 30.7 Å². The molecule has 1 aliphatic heterocycles. The van der Waals surface area contributed by atoms with Crippen LogP contribution in [0.25, 0.3) is 0 Å². The van der Waals surface area contributed by atoms with Crippen LogP contribution < -0.4 is 16.0 Å². The molecule has 1 fully saturated rings. The molecule has 1 amide bonds. The number of benzene rings is 1. The predicted molar refractivity (Wildman–Crippen MR) is 94.2 cm³/mol. The van der Waals surface area contributed by atoms with E-state index in [1.807, 2.05) is 37.4 Å². The minimum absolute atomic E-state index is 0. The number of anilines is 1. The van der Waals surface area contributed by atoms with Gasteiger partial charge in [-0.05, 0) is 25.0 Å². The van der Waals surface area contributed by atoms with Crippen molar-refractivity contribution < 1.29 is 9.53 Å². The molecule has 2 rings (SSSR count). The van der Waals surface area contributed by atoms with Crippen LogP contribution in [0.1, 0.15) is 12.8 Å². The van der Waals surface area contributed by atoms with Crippen LogP contribution in [0.5, 0.6) is 0 Å². The van der Waals surface area contributed by atoms with Crippen LogP contribution in [-0.2, 0) is 9.53 Å². The summed E-state index contributed by atoms with van der Waals surface area (Å²) in [6.45, 7) is 2.47. The van der Waals surface area contributed by atoms with Crippen LogP contribution >= 0.6 is 24.8 Å². The Labute approximate surface area is 144 Å². The average Bonchev–Trinajstić information content (AvgIpc) is 2.48. The summed E-state index contributed by atoms with van der Waals surface area (Å²) in [5, 5.41) is 2.93. The lowest BCUT2D eigenvalue weighted by Crippen LogP contribution is -2.57. The monoisotopic (exact) mass is 349 g/mol. The van der Waals surface area contributed by atoms with Crippen molar-refractivity contribution >= 4 is 36.4 Å². The van der Waals surface area contributed by atoms with Gasteiger partial charge in [0, 0.05) is 39.0 Å². The molecule has 0 saturated carbocycles. The number of carbonyl (C=O) groups is 1. The Bertz CT molecular complexity index is 440. The molecule has 22 heavy (non-hydrogen) atoms. The summed E-state index contributed by atoms with van der Waals surface area (Å²) in [7, 11) is 2.01. The standard InChI is InChI=1S/C15H23N3O2.2ClH/c1-18(13-5-3-2-4-6-13)10-9-17-14(19)15(16)7-11-20-12-8-15;;/h2-6H,7-12,16H2,1H3,(H,17,19);2*1H. The minimum Gasteiger partial charge on any atom is -0.381 e. The molecule has 3 N–H and O–H groups in total. The molecule has 0 unspecified atom stereocenters. The summed E-state index contributed by atoms with van der Waals surface area (Å²) in [6, 6.07) is 10.1. The van der Waals surface area contributed by atoms with E-state index in [0.717, 1.165) is 12.2 Å². The number of ether oxygens (including phenoxy) is 1. The lowest BCUT2D eigenvalue weighted by atomic mass is 9.90. The number of rotatable bonds is 5. The Morgan fingerprint density at radius 1 is 1.27 bits per heavy atom. The normalized spacial score (nSPS) is 15.9. The second kappa shape index (κ2) is 9.90. The van der Waals surface area contributed by atoms with E-state index in [4.69, 9.17) is 10.5 Å². The fraction of sp³-hybridized carbons (Fsp3) is 0.533. The number of para-hydroxylation sites is 1. The van der Waals surface area contributed by atoms with Crippen molar-refractivity contribution in [3.63, 3.8) is 0 Å². The summed E-state index contributed by atoms with van der Waals surface area (Å²) in [5.74, 6) is -0.0674. The maximum absolute atomic E-state index is 12.1. The van der Waals surface area contributed by atoms with Crippen molar-refractivity contribution in [1.29, 1.82) is 0 Å². The summed E-state index contributed by atoms with van der Waals surface area (Å²) in [4.78, 5) is 14.2. The van der Waals surface area contributed by atoms with Gasteiger partial charge in [0.05, 0.1) is 5.54 Å². The van der Waals surface area contributed by atoms with Crippen LogP contribution in [0.3, 0.4) is 0 Å². The quantitative estimate of drug-likeness (QED) is 0.846. The third-order valence-electron chi connectivity index (χ3n) is 3.77. The SMILES string of the molecule is CN(CCNC(=O)C1(N)CCOCC1)c1ccccc1.Cl.Cl. The lowest BCUT2D eigenvalue weighted by molar-refractivity contribution is -0.129. The van der Waals surface area contributed by atoms with Gasteiger partial charge in [-0.1, -0.05) is 18.2 Å². The van der Waals surface area contributed by atoms with Crippen molar-refractivity contribution in [2.45, 2.75) is 18.4 Å². The molecule has 5 nitrogen and oxygen atoms in total. The minimum atomic E-state index is -0.760. The first-order chi connectivity index (χ1) is 9.62. The van der Waals surface area contributed by atoms with E-state index < -0.39 is 5.54 Å². The molecule has 0 aromatic heterocycles. The molecule has 7 heteroatoms. The van der Waals surface area contributed by atoms with Crippen LogP contribution in [-0.4, -0.2) is 44.8 Å². The van der Waals surface area contributed by atoms with E-state index in [1.165, 1.54) is 0 Å². The van der Waals surface area contributed by atoms with Gasteiger partial charge in [0.25, 0.3) is 0 Å². The maximum Gasteiger partial charge on any atom is 0.240 e. The molecule has 0 aliphatic carbocycles. The lowest BCUT2D eigenvalue weighted by Gasteiger charge is -2.32. The first kappa shape index (κ1) is 21.0. The van der Waals surface area contributed by atoms with E-state index in [0.29, 0.717) is 32.6 Å². The van der Waals surface area contributed by atoms with E-state index in [2.05, 4.69) is 10.2 Å². The van der Waals surface area contributed by atoms with E-state index in [1.54, 1.807) is 0 Å². The molecule has 0 radical (unpaired) electrons. The summed E-state index contributed by atoms with van der Waals surface area (Å²) < 4.78 is 5.25.